The third kappa shape index (κ3) is 3.50. The highest BCUT2D eigenvalue weighted by Crippen LogP contribution is 2.49. The van der Waals surface area contributed by atoms with Crippen LogP contribution in [0.25, 0.3) is 0 Å². The van der Waals surface area contributed by atoms with Gasteiger partial charge in [-0.1, -0.05) is 37.1 Å². The van der Waals surface area contributed by atoms with Crippen LogP contribution in [-0.4, -0.2) is 26.8 Å². The lowest BCUT2D eigenvalue weighted by Gasteiger charge is -2.48. The molecule has 1 aromatic rings. The number of rotatable bonds is 7. The third-order valence-electron chi connectivity index (χ3n) is 4.32. The summed E-state index contributed by atoms with van der Waals surface area (Å²) in [5, 5.41) is 4.36. The number of benzene rings is 1. The standard InChI is InChI=1S/C16H24ClNO/c1-3-13-10-16(11-13,12-18-7-8-19-2)14-5-4-6-15(17)9-14/h4-6,9,13,18H,3,7-8,10-12H2,1-2H3. The van der Waals surface area contributed by atoms with Crippen molar-refractivity contribution in [3.63, 3.8) is 0 Å². The molecule has 1 aliphatic carbocycles. The minimum absolute atomic E-state index is 0.277. The first-order valence-corrected chi connectivity index (χ1v) is 7.53. The van der Waals surface area contributed by atoms with Crippen LogP contribution in [0.3, 0.4) is 0 Å². The maximum absolute atomic E-state index is 6.15. The fourth-order valence-electron chi connectivity index (χ4n) is 3.14. The Kier molecular flexibility index (Phi) is 5.26. The molecule has 0 bridgehead atoms. The van der Waals surface area contributed by atoms with Gasteiger partial charge in [0.2, 0.25) is 0 Å². The van der Waals surface area contributed by atoms with Gasteiger partial charge in [-0.15, -0.1) is 0 Å². The molecule has 106 valence electrons. The van der Waals surface area contributed by atoms with Crippen molar-refractivity contribution >= 4 is 11.6 Å². The van der Waals surface area contributed by atoms with Crippen molar-refractivity contribution in [2.45, 2.75) is 31.6 Å². The fraction of sp³-hybridized carbons (Fsp3) is 0.625. The second kappa shape index (κ2) is 6.74. The topological polar surface area (TPSA) is 21.3 Å². The van der Waals surface area contributed by atoms with Gasteiger partial charge in [-0.25, -0.2) is 0 Å². The van der Waals surface area contributed by atoms with E-state index in [2.05, 4.69) is 30.4 Å². The minimum Gasteiger partial charge on any atom is -0.383 e. The molecule has 2 nitrogen and oxygen atoms in total. The van der Waals surface area contributed by atoms with Crippen LogP contribution in [0.2, 0.25) is 5.02 Å². The Bertz CT molecular complexity index is 401. The smallest absolute Gasteiger partial charge is 0.0587 e. The predicted molar refractivity (Wildman–Crippen MR) is 80.9 cm³/mol. The summed E-state index contributed by atoms with van der Waals surface area (Å²) in [7, 11) is 1.74. The number of halogens is 1. The molecule has 0 saturated heterocycles. The van der Waals surface area contributed by atoms with Gasteiger partial charge in [-0.3, -0.25) is 0 Å². The lowest BCUT2D eigenvalue weighted by Crippen LogP contribution is -2.49. The van der Waals surface area contributed by atoms with Crippen molar-refractivity contribution in [3.05, 3.63) is 34.9 Å². The molecule has 0 aliphatic heterocycles. The Morgan fingerprint density at radius 1 is 1.42 bits per heavy atom. The van der Waals surface area contributed by atoms with Crippen LogP contribution in [-0.2, 0) is 10.2 Å². The molecule has 0 radical (unpaired) electrons. The van der Waals surface area contributed by atoms with Crippen LogP contribution < -0.4 is 5.32 Å². The van der Waals surface area contributed by atoms with E-state index in [0.29, 0.717) is 0 Å². The van der Waals surface area contributed by atoms with Gasteiger partial charge in [-0.05, 0) is 36.5 Å². The van der Waals surface area contributed by atoms with Crippen LogP contribution in [0.5, 0.6) is 0 Å². The van der Waals surface area contributed by atoms with E-state index in [1.54, 1.807) is 7.11 Å². The molecular weight excluding hydrogens is 258 g/mol. The Morgan fingerprint density at radius 2 is 2.21 bits per heavy atom. The molecule has 0 amide bonds. The molecule has 1 fully saturated rings. The summed E-state index contributed by atoms with van der Waals surface area (Å²) in [6.07, 6.45) is 3.81. The van der Waals surface area contributed by atoms with Crippen molar-refractivity contribution < 1.29 is 4.74 Å². The van der Waals surface area contributed by atoms with E-state index in [9.17, 15) is 0 Å². The SMILES string of the molecule is CCC1CC(CNCCOC)(c2cccc(Cl)c2)C1. The van der Waals surface area contributed by atoms with Gasteiger partial charge in [0.05, 0.1) is 6.61 Å². The number of hydrogen-bond acceptors (Lipinski definition) is 2. The maximum atomic E-state index is 6.15. The molecule has 0 aromatic heterocycles. The van der Waals surface area contributed by atoms with Gasteiger partial charge in [0.1, 0.15) is 0 Å². The Labute approximate surface area is 121 Å². The highest BCUT2D eigenvalue weighted by Gasteiger charge is 2.44. The highest BCUT2D eigenvalue weighted by molar-refractivity contribution is 6.30. The average molecular weight is 282 g/mol. The van der Waals surface area contributed by atoms with Crippen molar-refractivity contribution in [2.24, 2.45) is 5.92 Å². The Hall–Kier alpha value is -0.570. The molecule has 0 heterocycles. The molecule has 0 unspecified atom stereocenters. The van der Waals surface area contributed by atoms with Gasteiger partial charge >= 0.3 is 0 Å². The third-order valence-corrected chi connectivity index (χ3v) is 4.55. The summed E-state index contributed by atoms with van der Waals surface area (Å²) < 4.78 is 5.09. The van der Waals surface area contributed by atoms with Crippen molar-refractivity contribution in [1.29, 1.82) is 0 Å². The van der Waals surface area contributed by atoms with Crippen LogP contribution in [0.1, 0.15) is 31.7 Å². The minimum atomic E-state index is 0.277. The summed E-state index contributed by atoms with van der Waals surface area (Å²) in [4.78, 5) is 0. The van der Waals surface area contributed by atoms with E-state index in [-0.39, 0.29) is 5.41 Å². The average Bonchev–Trinajstić information content (AvgIpc) is 2.37. The van der Waals surface area contributed by atoms with Crippen molar-refractivity contribution in [2.75, 3.05) is 26.8 Å². The molecule has 1 N–H and O–H groups in total. The van der Waals surface area contributed by atoms with Crippen LogP contribution in [0, 0.1) is 5.92 Å². The van der Waals surface area contributed by atoms with Gasteiger partial charge < -0.3 is 10.1 Å². The first-order chi connectivity index (χ1) is 9.20. The fourth-order valence-corrected chi connectivity index (χ4v) is 3.33. The zero-order valence-electron chi connectivity index (χ0n) is 11.9. The van der Waals surface area contributed by atoms with Gasteiger partial charge in [0, 0.05) is 30.6 Å². The van der Waals surface area contributed by atoms with Crippen LogP contribution >= 0.6 is 11.6 Å². The summed E-state index contributed by atoms with van der Waals surface area (Å²) in [6, 6.07) is 8.36. The van der Waals surface area contributed by atoms with Gasteiger partial charge in [-0.2, -0.15) is 0 Å². The van der Waals surface area contributed by atoms with Gasteiger partial charge in [0.25, 0.3) is 0 Å². The van der Waals surface area contributed by atoms with Crippen molar-refractivity contribution in [3.8, 4) is 0 Å². The summed E-state index contributed by atoms with van der Waals surface area (Å²) >= 11 is 6.15. The summed E-state index contributed by atoms with van der Waals surface area (Å²) in [6.45, 7) is 4.98. The van der Waals surface area contributed by atoms with E-state index in [1.807, 2.05) is 6.07 Å². The number of hydrogen-bond donors (Lipinski definition) is 1. The zero-order chi connectivity index (χ0) is 13.7. The highest BCUT2D eigenvalue weighted by atomic mass is 35.5. The molecule has 0 atom stereocenters. The second-order valence-electron chi connectivity index (χ2n) is 5.64. The monoisotopic (exact) mass is 281 g/mol. The second-order valence-corrected chi connectivity index (χ2v) is 6.08. The van der Waals surface area contributed by atoms with E-state index in [1.165, 1.54) is 24.8 Å². The molecule has 2 rings (SSSR count). The number of ether oxygens (including phenoxy) is 1. The van der Waals surface area contributed by atoms with E-state index in [4.69, 9.17) is 16.3 Å². The van der Waals surface area contributed by atoms with Crippen LogP contribution in [0.15, 0.2) is 24.3 Å². The Balaban J connectivity index is 2.03. The zero-order valence-corrected chi connectivity index (χ0v) is 12.7. The van der Waals surface area contributed by atoms with E-state index in [0.717, 1.165) is 30.6 Å². The first kappa shape index (κ1) is 14.8. The Morgan fingerprint density at radius 3 is 2.84 bits per heavy atom. The molecule has 1 aromatic carbocycles. The lowest BCUT2D eigenvalue weighted by molar-refractivity contribution is 0.128. The quantitative estimate of drug-likeness (QED) is 0.771. The first-order valence-electron chi connectivity index (χ1n) is 7.16. The summed E-state index contributed by atoms with van der Waals surface area (Å²) in [5.41, 5.74) is 1.66. The molecule has 0 spiro atoms. The molecule has 19 heavy (non-hydrogen) atoms. The lowest BCUT2D eigenvalue weighted by atomic mass is 9.58. The molecule has 1 saturated carbocycles. The van der Waals surface area contributed by atoms with Crippen molar-refractivity contribution in [1.82, 2.24) is 5.32 Å². The van der Waals surface area contributed by atoms with E-state index < -0.39 is 0 Å². The van der Waals surface area contributed by atoms with E-state index >= 15 is 0 Å². The number of methoxy groups -OCH3 is 1. The predicted octanol–water partition coefficient (Wildman–Crippen LogP) is 3.63. The molecule has 3 heteroatoms. The summed E-state index contributed by atoms with van der Waals surface area (Å²) in [5.74, 6) is 0.864. The van der Waals surface area contributed by atoms with Gasteiger partial charge in [0.15, 0.2) is 0 Å². The van der Waals surface area contributed by atoms with Crippen LogP contribution in [0.4, 0.5) is 0 Å². The molecule has 1 aliphatic rings. The largest absolute Gasteiger partial charge is 0.383 e. The number of nitrogens with one attached hydrogen (secondary N) is 1. The maximum Gasteiger partial charge on any atom is 0.0587 e. The normalized spacial score (nSPS) is 26.2. The molecular formula is C16H24ClNO.